The minimum absolute atomic E-state index is 0.165. The minimum atomic E-state index is -0.387. The second kappa shape index (κ2) is 3.18. The molecule has 3 heteroatoms. The summed E-state index contributed by atoms with van der Waals surface area (Å²) in [4.78, 5) is 11.7. The predicted molar refractivity (Wildman–Crippen MR) is 51.6 cm³/mol. The van der Waals surface area contributed by atoms with Crippen LogP contribution in [0.5, 0.6) is 5.75 Å². The fraction of sp³-hybridized carbons (Fsp3) is 0.182. The lowest BCUT2D eigenvalue weighted by Gasteiger charge is -2.23. The molecule has 0 bridgehead atoms. The van der Waals surface area contributed by atoms with Crippen LogP contribution in [0.25, 0.3) is 0 Å². The summed E-state index contributed by atoms with van der Waals surface area (Å²) >= 11 is 0. The smallest absolute Gasteiger partial charge is 0.199 e. The van der Waals surface area contributed by atoms with E-state index in [2.05, 4.69) is 0 Å². The Balaban J connectivity index is 2.54. The van der Waals surface area contributed by atoms with Gasteiger partial charge in [0.05, 0.1) is 17.4 Å². The first-order valence-electron chi connectivity index (χ1n) is 4.38. The molecule has 1 aliphatic heterocycles. The maximum absolute atomic E-state index is 11.7. The molecular weight excluding hydrogens is 180 g/mol. The van der Waals surface area contributed by atoms with Crippen molar-refractivity contribution in [1.29, 1.82) is 0 Å². The Hall–Kier alpha value is -1.77. The summed E-state index contributed by atoms with van der Waals surface area (Å²) < 4.78 is 5.46. The molecular formula is C11H10O3. The van der Waals surface area contributed by atoms with E-state index in [9.17, 15) is 4.79 Å². The highest BCUT2D eigenvalue weighted by molar-refractivity contribution is 6.11. The number of hydrogen-bond acceptors (Lipinski definition) is 3. The van der Waals surface area contributed by atoms with Gasteiger partial charge in [-0.05, 0) is 19.1 Å². The Morgan fingerprint density at radius 2 is 2.14 bits per heavy atom. The predicted octanol–water partition coefficient (Wildman–Crippen LogP) is 2.09. The van der Waals surface area contributed by atoms with Crippen LogP contribution in [-0.2, 0) is 0 Å². The summed E-state index contributed by atoms with van der Waals surface area (Å²) in [5.74, 6) is 0.414. The van der Waals surface area contributed by atoms with Crippen LogP contribution in [0, 0.1) is 0 Å². The number of rotatable bonds is 0. The number of benzene rings is 1. The number of Topliss-reactive ketones (excluding diaryl/α,β-unsaturated/α-hetero) is 1. The van der Waals surface area contributed by atoms with Gasteiger partial charge in [-0.2, -0.15) is 0 Å². The number of ether oxygens (including phenoxy) is 1. The molecule has 0 spiro atoms. The summed E-state index contributed by atoms with van der Waals surface area (Å²) in [7, 11) is 0. The molecule has 1 aromatic rings. The van der Waals surface area contributed by atoms with Gasteiger partial charge in [-0.25, -0.2) is 0 Å². The quantitative estimate of drug-likeness (QED) is 0.503. The highest BCUT2D eigenvalue weighted by Gasteiger charge is 2.28. The van der Waals surface area contributed by atoms with E-state index in [0.717, 1.165) is 6.26 Å². The molecule has 0 fully saturated rings. The highest BCUT2D eigenvalue weighted by atomic mass is 16.5. The highest BCUT2D eigenvalue weighted by Crippen LogP contribution is 2.29. The SMILES string of the molecule is CC1Oc2ccccc2C(=O)C1=CO. The number of hydrogen-bond donors (Lipinski definition) is 1. The third kappa shape index (κ3) is 1.18. The number of carbonyl (C=O) groups is 1. The Kier molecular flexibility index (Phi) is 2.00. The molecule has 0 amide bonds. The Bertz CT molecular complexity index is 407. The van der Waals surface area contributed by atoms with E-state index in [0.29, 0.717) is 16.9 Å². The van der Waals surface area contributed by atoms with E-state index in [1.165, 1.54) is 0 Å². The summed E-state index contributed by atoms with van der Waals surface area (Å²) in [6, 6.07) is 7.02. The second-order valence-electron chi connectivity index (χ2n) is 3.17. The van der Waals surface area contributed by atoms with Crippen LogP contribution in [0.3, 0.4) is 0 Å². The van der Waals surface area contributed by atoms with E-state index in [1.807, 2.05) is 6.07 Å². The van der Waals surface area contributed by atoms with Crippen molar-refractivity contribution in [3.05, 3.63) is 41.7 Å². The summed E-state index contributed by atoms with van der Waals surface area (Å²) in [5, 5.41) is 8.89. The van der Waals surface area contributed by atoms with E-state index >= 15 is 0 Å². The first-order valence-corrected chi connectivity index (χ1v) is 4.38. The van der Waals surface area contributed by atoms with E-state index in [4.69, 9.17) is 9.84 Å². The standard InChI is InChI=1S/C11H10O3/c1-7-9(6-12)11(13)8-4-2-3-5-10(8)14-7/h2-7,12H,1H3. The Morgan fingerprint density at radius 1 is 1.43 bits per heavy atom. The molecule has 1 heterocycles. The average molecular weight is 190 g/mol. The number of ketones is 1. The lowest BCUT2D eigenvalue weighted by molar-refractivity contribution is 0.0964. The molecule has 3 nitrogen and oxygen atoms in total. The van der Waals surface area contributed by atoms with Gasteiger partial charge in [0, 0.05) is 0 Å². The number of carbonyl (C=O) groups excluding carboxylic acids is 1. The molecule has 1 unspecified atom stereocenters. The maximum atomic E-state index is 11.7. The number of fused-ring (bicyclic) bond motifs is 1. The van der Waals surface area contributed by atoms with Gasteiger partial charge < -0.3 is 9.84 Å². The van der Waals surface area contributed by atoms with Gasteiger partial charge in [0.25, 0.3) is 0 Å². The molecule has 0 saturated carbocycles. The van der Waals surface area contributed by atoms with Crippen molar-refractivity contribution < 1.29 is 14.6 Å². The van der Waals surface area contributed by atoms with Gasteiger partial charge in [-0.15, -0.1) is 0 Å². The van der Waals surface area contributed by atoms with Crippen molar-refractivity contribution in [2.45, 2.75) is 13.0 Å². The van der Waals surface area contributed by atoms with Crippen molar-refractivity contribution in [2.75, 3.05) is 0 Å². The molecule has 1 atom stereocenters. The number of aliphatic hydroxyl groups excluding tert-OH is 1. The third-order valence-electron chi connectivity index (χ3n) is 2.27. The topological polar surface area (TPSA) is 46.5 Å². The van der Waals surface area contributed by atoms with Crippen LogP contribution < -0.4 is 4.74 Å². The maximum Gasteiger partial charge on any atom is 0.199 e. The van der Waals surface area contributed by atoms with Crippen LogP contribution in [-0.4, -0.2) is 17.0 Å². The van der Waals surface area contributed by atoms with Gasteiger partial charge in [0.1, 0.15) is 11.9 Å². The van der Waals surface area contributed by atoms with Crippen LogP contribution in [0.15, 0.2) is 36.1 Å². The van der Waals surface area contributed by atoms with Gasteiger partial charge in [0.2, 0.25) is 0 Å². The molecule has 72 valence electrons. The number of para-hydroxylation sites is 1. The number of aliphatic hydroxyl groups is 1. The Morgan fingerprint density at radius 3 is 2.86 bits per heavy atom. The third-order valence-corrected chi connectivity index (χ3v) is 2.27. The largest absolute Gasteiger partial charge is 0.515 e. The van der Waals surface area contributed by atoms with E-state index < -0.39 is 0 Å². The molecule has 1 aliphatic rings. The minimum Gasteiger partial charge on any atom is -0.515 e. The van der Waals surface area contributed by atoms with Crippen LogP contribution >= 0.6 is 0 Å². The molecule has 0 aromatic heterocycles. The molecule has 2 rings (SSSR count). The fourth-order valence-electron chi connectivity index (χ4n) is 1.51. The van der Waals surface area contributed by atoms with Crippen LogP contribution in [0.4, 0.5) is 0 Å². The van der Waals surface area contributed by atoms with Crippen molar-refractivity contribution in [3.63, 3.8) is 0 Å². The first kappa shape index (κ1) is 8.81. The van der Waals surface area contributed by atoms with Crippen LogP contribution in [0.1, 0.15) is 17.3 Å². The lowest BCUT2D eigenvalue weighted by Crippen LogP contribution is -2.27. The molecule has 0 aliphatic carbocycles. The zero-order valence-electron chi connectivity index (χ0n) is 7.73. The zero-order valence-corrected chi connectivity index (χ0v) is 7.73. The Labute approximate surface area is 81.6 Å². The van der Waals surface area contributed by atoms with Crippen molar-refractivity contribution in [2.24, 2.45) is 0 Å². The second-order valence-corrected chi connectivity index (χ2v) is 3.17. The molecule has 0 saturated heterocycles. The van der Waals surface area contributed by atoms with Crippen molar-refractivity contribution in [3.8, 4) is 5.75 Å². The van der Waals surface area contributed by atoms with Gasteiger partial charge >= 0.3 is 0 Å². The van der Waals surface area contributed by atoms with Gasteiger partial charge in [-0.1, -0.05) is 12.1 Å². The molecule has 14 heavy (non-hydrogen) atoms. The normalized spacial score (nSPS) is 23.1. The fourth-order valence-corrected chi connectivity index (χ4v) is 1.51. The summed E-state index contributed by atoms with van der Waals surface area (Å²) in [5.41, 5.74) is 0.801. The first-order chi connectivity index (χ1) is 6.74. The van der Waals surface area contributed by atoms with Crippen LogP contribution in [0.2, 0.25) is 0 Å². The van der Waals surface area contributed by atoms with E-state index in [-0.39, 0.29) is 11.9 Å². The summed E-state index contributed by atoms with van der Waals surface area (Å²) in [6.07, 6.45) is 0.436. The van der Waals surface area contributed by atoms with Crippen molar-refractivity contribution in [1.82, 2.24) is 0 Å². The lowest BCUT2D eigenvalue weighted by atomic mass is 9.97. The molecule has 1 aromatic carbocycles. The zero-order chi connectivity index (χ0) is 10.1. The molecule has 0 radical (unpaired) electrons. The van der Waals surface area contributed by atoms with Gasteiger partial charge in [0.15, 0.2) is 5.78 Å². The summed E-state index contributed by atoms with van der Waals surface area (Å²) in [6.45, 7) is 1.73. The monoisotopic (exact) mass is 190 g/mol. The molecule has 1 N–H and O–H groups in total. The van der Waals surface area contributed by atoms with Crippen molar-refractivity contribution >= 4 is 5.78 Å². The van der Waals surface area contributed by atoms with Gasteiger partial charge in [-0.3, -0.25) is 4.79 Å². The van der Waals surface area contributed by atoms with E-state index in [1.54, 1.807) is 25.1 Å². The average Bonchev–Trinajstić information content (AvgIpc) is 2.18.